The molecule has 0 aliphatic rings. The van der Waals surface area contributed by atoms with Gasteiger partial charge in [-0.25, -0.2) is 0 Å². The van der Waals surface area contributed by atoms with Crippen LogP contribution < -0.4 is 5.32 Å². The predicted octanol–water partition coefficient (Wildman–Crippen LogP) is 3.77. The van der Waals surface area contributed by atoms with Crippen LogP contribution in [0.3, 0.4) is 0 Å². The molecule has 1 unspecified atom stereocenters. The zero-order valence-corrected chi connectivity index (χ0v) is 12.6. The van der Waals surface area contributed by atoms with Crippen LogP contribution in [0.1, 0.15) is 49.9 Å². The summed E-state index contributed by atoms with van der Waals surface area (Å²) in [6, 6.07) is 8.28. The molecule has 0 heterocycles. The molecular formula is C16H26N2O. The Morgan fingerprint density at radius 2 is 1.84 bits per heavy atom. The SMILES string of the molecule is CCCCC(CC)Nc1ccc(C(=O)N(C)C)cc1. The molecule has 0 spiro atoms. The molecule has 19 heavy (non-hydrogen) atoms. The summed E-state index contributed by atoms with van der Waals surface area (Å²) in [7, 11) is 3.54. The first-order valence-electron chi connectivity index (χ1n) is 7.16. The Hall–Kier alpha value is -1.51. The molecule has 0 aliphatic heterocycles. The number of nitrogens with zero attached hydrogens (tertiary/aromatic N) is 1. The van der Waals surface area contributed by atoms with Crippen LogP contribution in [0, 0.1) is 0 Å². The van der Waals surface area contributed by atoms with Gasteiger partial charge < -0.3 is 10.2 Å². The molecule has 0 aromatic heterocycles. The summed E-state index contributed by atoms with van der Waals surface area (Å²) in [6.07, 6.45) is 4.81. The summed E-state index contributed by atoms with van der Waals surface area (Å²) in [6.45, 7) is 4.42. The van der Waals surface area contributed by atoms with E-state index in [4.69, 9.17) is 0 Å². The van der Waals surface area contributed by atoms with E-state index < -0.39 is 0 Å². The molecule has 1 aromatic carbocycles. The minimum absolute atomic E-state index is 0.0459. The zero-order valence-electron chi connectivity index (χ0n) is 12.6. The summed E-state index contributed by atoms with van der Waals surface area (Å²) in [4.78, 5) is 13.4. The molecule has 1 atom stereocenters. The molecular weight excluding hydrogens is 236 g/mol. The molecule has 0 bridgehead atoms. The average Bonchev–Trinajstić information content (AvgIpc) is 2.43. The summed E-state index contributed by atoms with van der Waals surface area (Å²) in [5.74, 6) is 0.0459. The van der Waals surface area contributed by atoms with Gasteiger partial charge in [-0.05, 0) is 37.1 Å². The lowest BCUT2D eigenvalue weighted by Crippen LogP contribution is -2.22. The van der Waals surface area contributed by atoms with Crippen LogP contribution in [0.15, 0.2) is 24.3 Å². The fourth-order valence-corrected chi connectivity index (χ4v) is 2.03. The van der Waals surface area contributed by atoms with Crippen molar-refractivity contribution < 1.29 is 4.79 Å². The summed E-state index contributed by atoms with van der Waals surface area (Å²) < 4.78 is 0. The number of carbonyl (C=O) groups excluding carboxylic acids is 1. The second-order valence-corrected chi connectivity index (χ2v) is 5.17. The van der Waals surface area contributed by atoms with Crippen LogP contribution >= 0.6 is 0 Å². The second-order valence-electron chi connectivity index (χ2n) is 5.17. The molecule has 106 valence electrons. The molecule has 0 aliphatic carbocycles. The first-order chi connectivity index (χ1) is 9.08. The van der Waals surface area contributed by atoms with Crippen molar-refractivity contribution in [3.63, 3.8) is 0 Å². The predicted molar refractivity (Wildman–Crippen MR) is 81.7 cm³/mol. The number of rotatable bonds is 7. The number of amides is 1. The number of nitrogens with one attached hydrogen (secondary N) is 1. The van der Waals surface area contributed by atoms with Crippen molar-refractivity contribution in [3.05, 3.63) is 29.8 Å². The largest absolute Gasteiger partial charge is 0.382 e. The third-order valence-corrected chi connectivity index (χ3v) is 3.31. The van der Waals surface area contributed by atoms with Crippen LogP contribution in [0.25, 0.3) is 0 Å². The first kappa shape index (κ1) is 15.5. The minimum atomic E-state index is 0.0459. The quantitative estimate of drug-likeness (QED) is 0.811. The zero-order chi connectivity index (χ0) is 14.3. The van der Waals surface area contributed by atoms with Gasteiger partial charge in [-0.15, -0.1) is 0 Å². The van der Waals surface area contributed by atoms with Crippen LogP contribution in [-0.4, -0.2) is 30.9 Å². The van der Waals surface area contributed by atoms with E-state index in [1.54, 1.807) is 19.0 Å². The van der Waals surface area contributed by atoms with Gasteiger partial charge in [0.2, 0.25) is 0 Å². The lowest BCUT2D eigenvalue weighted by atomic mass is 10.1. The highest BCUT2D eigenvalue weighted by Gasteiger charge is 2.09. The van der Waals surface area contributed by atoms with Crippen molar-refractivity contribution in [3.8, 4) is 0 Å². The van der Waals surface area contributed by atoms with E-state index in [-0.39, 0.29) is 5.91 Å². The van der Waals surface area contributed by atoms with Gasteiger partial charge in [0, 0.05) is 31.4 Å². The molecule has 0 saturated carbocycles. The van der Waals surface area contributed by atoms with E-state index >= 15 is 0 Å². The van der Waals surface area contributed by atoms with Gasteiger partial charge in [0.25, 0.3) is 5.91 Å². The average molecular weight is 262 g/mol. The second kappa shape index (κ2) is 7.82. The van der Waals surface area contributed by atoms with Crippen molar-refractivity contribution in [1.82, 2.24) is 4.90 Å². The molecule has 3 nitrogen and oxygen atoms in total. The van der Waals surface area contributed by atoms with Crippen molar-refractivity contribution in [2.45, 2.75) is 45.6 Å². The van der Waals surface area contributed by atoms with Crippen molar-refractivity contribution in [2.75, 3.05) is 19.4 Å². The lowest BCUT2D eigenvalue weighted by Gasteiger charge is -2.18. The van der Waals surface area contributed by atoms with Crippen LogP contribution in [0.5, 0.6) is 0 Å². The van der Waals surface area contributed by atoms with E-state index in [0.29, 0.717) is 6.04 Å². The molecule has 1 N–H and O–H groups in total. The molecule has 0 radical (unpaired) electrons. The van der Waals surface area contributed by atoms with Crippen molar-refractivity contribution in [2.24, 2.45) is 0 Å². The van der Waals surface area contributed by atoms with Gasteiger partial charge in [-0.2, -0.15) is 0 Å². The molecule has 1 rings (SSSR count). The van der Waals surface area contributed by atoms with Crippen molar-refractivity contribution >= 4 is 11.6 Å². The highest BCUT2D eigenvalue weighted by molar-refractivity contribution is 5.94. The van der Waals surface area contributed by atoms with Gasteiger partial charge in [0.05, 0.1) is 0 Å². The van der Waals surface area contributed by atoms with E-state index in [0.717, 1.165) is 17.7 Å². The van der Waals surface area contributed by atoms with E-state index in [1.165, 1.54) is 19.3 Å². The van der Waals surface area contributed by atoms with Crippen LogP contribution in [0.2, 0.25) is 0 Å². The molecule has 1 amide bonds. The van der Waals surface area contributed by atoms with E-state index in [2.05, 4.69) is 19.2 Å². The van der Waals surface area contributed by atoms with Crippen LogP contribution in [-0.2, 0) is 0 Å². The molecule has 0 fully saturated rings. The summed E-state index contributed by atoms with van der Waals surface area (Å²) in [5.41, 5.74) is 1.83. The highest BCUT2D eigenvalue weighted by Crippen LogP contribution is 2.15. The van der Waals surface area contributed by atoms with Gasteiger partial charge in [-0.1, -0.05) is 26.7 Å². The standard InChI is InChI=1S/C16H26N2O/c1-5-7-8-14(6-2)17-15-11-9-13(10-12-15)16(19)18(3)4/h9-12,14,17H,5-8H2,1-4H3. The highest BCUT2D eigenvalue weighted by atomic mass is 16.2. The topological polar surface area (TPSA) is 32.3 Å². The lowest BCUT2D eigenvalue weighted by molar-refractivity contribution is 0.0827. The Balaban J connectivity index is 2.63. The minimum Gasteiger partial charge on any atom is -0.382 e. The van der Waals surface area contributed by atoms with E-state index in [9.17, 15) is 4.79 Å². The van der Waals surface area contributed by atoms with Crippen molar-refractivity contribution in [1.29, 1.82) is 0 Å². The fourth-order valence-electron chi connectivity index (χ4n) is 2.03. The Bertz CT molecular complexity index is 384. The Kier molecular flexibility index (Phi) is 6.40. The Labute approximate surface area is 117 Å². The monoisotopic (exact) mass is 262 g/mol. The number of hydrogen-bond donors (Lipinski definition) is 1. The van der Waals surface area contributed by atoms with Crippen LogP contribution in [0.4, 0.5) is 5.69 Å². The number of anilines is 1. The first-order valence-corrected chi connectivity index (χ1v) is 7.16. The smallest absolute Gasteiger partial charge is 0.253 e. The van der Waals surface area contributed by atoms with Gasteiger partial charge in [0.15, 0.2) is 0 Å². The van der Waals surface area contributed by atoms with E-state index in [1.807, 2.05) is 24.3 Å². The Morgan fingerprint density at radius 1 is 1.21 bits per heavy atom. The maximum Gasteiger partial charge on any atom is 0.253 e. The number of benzene rings is 1. The fraction of sp³-hybridized carbons (Fsp3) is 0.562. The van der Waals surface area contributed by atoms with Gasteiger partial charge in [-0.3, -0.25) is 4.79 Å². The number of hydrogen-bond acceptors (Lipinski definition) is 2. The van der Waals surface area contributed by atoms with Gasteiger partial charge in [0.1, 0.15) is 0 Å². The third-order valence-electron chi connectivity index (χ3n) is 3.31. The summed E-state index contributed by atoms with van der Waals surface area (Å²) in [5, 5.41) is 3.53. The maximum absolute atomic E-state index is 11.8. The van der Waals surface area contributed by atoms with Gasteiger partial charge >= 0.3 is 0 Å². The molecule has 3 heteroatoms. The summed E-state index contributed by atoms with van der Waals surface area (Å²) >= 11 is 0. The molecule has 0 saturated heterocycles. The normalized spacial score (nSPS) is 12.0. The Morgan fingerprint density at radius 3 is 2.32 bits per heavy atom. The number of carbonyl (C=O) groups is 1. The molecule has 1 aromatic rings. The third kappa shape index (κ3) is 4.93. The number of unbranched alkanes of at least 4 members (excludes halogenated alkanes) is 1. The maximum atomic E-state index is 11.8.